The maximum atomic E-state index is 12.6. The van der Waals surface area contributed by atoms with Gasteiger partial charge in [-0.25, -0.2) is 0 Å². The lowest BCUT2D eigenvalue weighted by Crippen LogP contribution is -2.45. The monoisotopic (exact) mass is 368 g/mol. The maximum absolute atomic E-state index is 12.6. The number of aromatic nitrogens is 1. The summed E-state index contributed by atoms with van der Waals surface area (Å²) < 4.78 is 0. The first-order chi connectivity index (χ1) is 13.1. The fourth-order valence-corrected chi connectivity index (χ4v) is 3.21. The average Bonchev–Trinajstić information content (AvgIpc) is 3.13. The van der Waals surface area contributed by atoms with Crippen LogP contribution in [0.2, 0.25) is 0 Å². The summed E-state index contributed by atoms with van der Waals surface area (Å²) in [5.41, 5.74) is 2.51. The minimum absolute atomic E-state index is 0.328. The molecule has 0 aliphatic heterocycles. The average molecular weight is 368 g/mol. The van der Waals surface area contributed by atoms with Crippen molar-refractivity contribution in [3.05, 3.63) is 71.9 Å². The molecule has 0 radical (unpaired) electrons. The van der Waals surface area contributed by atoms with E-state index < -0.39 is 30.6 Å². The molecule has 3 rings (SSSR count). The van der Waals surface area contributed by atoms with Gasteiger partial charge < -0.3 is 25.6 Å². The number of nitrogens with one attached hydrogen (secondary N) is 2. The standard InChI is InChI=1S/C21H24N2O4/c24-12-16(10-15-11-22-18-9-5-4-8-17(15)18)21(27)23-19(13-25)20(26)14-6-2-1-3-7-14/h1-9,11,16,19-20,22,24-26H,10,12-13H2,(H,23,27). The van der Waals surface area contributed by atoms with Crippen molar-refractivity contribution < 1.29 is 20.1 Å². The highest BCUT2D eigenvalue weighted by Crippen LogP contribution is 2.22. The predicted molar refractivity (Wildman–Crippen MR) is 103 cm³/mol. The molecule has 0 bridgehead atoms. The number of rotatable bonds is 8. The minimum atomic E-state index is -1.03. The van der Waals surface area contributed by atoms with Crippen LogP contribution in [0.1, 0.15) is 17.2 Å². The van der Waals surface area contributed by atoms with Gasteiger partial charge in [0, 0.05) is 17.1 Å². The molecule has 3 atom stereocenters. The molecule has 0 saturated carbocycles. The normalized spacial score (nSPS) is 14.6. The third-order valence-electron chi connectivity index (χ3n) is 4.78. The maximum Gasteiger partial charge on any atom is 0.226 e. The second-order valence-electron chi connectivity index (χ2n) is 6.60. The first kappa shape index (κ1) is 19.1. The number of aromatic amines is 1. The molecule has 6 heteroatoms. The zero-order valence-electron chi connectivity index (χ0n) is 14.9. The molecule has 0 aliphatic rings. The molecule has 5 N–H and O–H groups in total. The molecule has 142 valence electrons. The third kappa shape index (κ3) is 4.36. The number of hydrogen-bond donors (Lipinski definition) is 5. The van der Waals surface area contributed by atoms with E-state index in [1.54, 1.807) is 24.3 Å². The summed E-state index contributed by atoms with van der Waals surface area (Å²) in [5.74, 6) is -1.09. The second-order valence-corrected chi connectivity index (χ2v) is 6.60. The van der Waals surface area contributed by atoms with Gasteiger partial charge in [0.15, 0.2) is 0 Å². The number of para-hydroxylation sites is 1. The van der Waals surface area contributed by atoms with E-state index in [0.717, 1.165) is 16.5 Å². The molecule has 1 amide bonds. The predicted octanol–water partition coefficient (Wildman–Crippen LogP) is 1.53. The van der Waals surface area contributed by atoms with Crippen molar-refractivity contribution in [2.75, 3.05) is 13.2 Å². The Labute approximate surface area is 157 Å². The van der Waals surface area contributed by atoms with E-state index in [0.29, 0.717) is 12.0 Å². The molecule has 6 nitrogen and oxygen atoms in total. The topological polar surface area (TPSA) is 106 Å². The zero-order chi connectivity index (χ0) is 19.2. The van der Waals surface area contributed by atoms with E-state index in [9.17, 15) is 20.1 Å². The van der Waals surface area contributed by atoms with Crippen LogP contribution >= 0.6 is 0 Å². The molecule has 2 aromatic carbocycles. The number of carbonyl (C=O) groups excluding carboxylic acids is 1. The Bertz CT molecular complexity index is 878. The molecule has 0 fully saturated rings. The third-order valence-corrected chi connectivity index (χ3v) is 4.78. The number of carbonyl (C=O) groups is 1. The van der Waals surface area contributed by atoms with Crippen LogP contribution in [-0.4, -0.2) is 45.5 Å². The van der Waals surface area contributed by atoms with Gasteiger partial charge in [-0.2, -0.15) is 0 Å². The quantitative estimate of drug-likeness (QED) is 0.416. The van der Waals surface area contributed by atoms with Crippen LogP contribution < -0.4 is 5.32 Å². The van der Waals surface area contributed by atoms with Crippen LogP contribution in [0.4, 0.5) is 0 Å². The van der Waals surface area contributed by atoms with Gasteiger partial charge in [0.25, 0.3) is 0 Å². The van der Waals surface area contributed by atoms with Crippen LogP contribution in [0, 0.1) is 5.92 Å². The molecule has 3 unspecified atom stereocenters. The Balaban J connectivity index is 1.70. The van der Waals surface area contributed by atoms with Crippen molar-refractivity contribution in [2.45, 2.75) is 18.6 Å². The lowest BCUT2D eigenvalue weighted by molar-refractivity contribution is -0.128. The van der Waals surface area contributed by atoms with Gasteiger partial charge in [-0.3, -0.25) is 4.79 Å². The summed E-state index contributed by atoms with van der Waals surface area (Å²) in [5, 5.41) is 33.4. The Morgan fingerprint density at radius 1 is 1.00 bits per heavy atom. The number of fused-ring (bicyclic) bond motifs is 1. The first-order valence-electron chi connectivity index (χ1n) is 8.94. The van der Waals surface area contributed by atoms with E-state index in [1.807, 2.05) is 36.5 Å². The van der Waals surface area contributed by atoms with Gasteiger partial charge in [-0.05, 0) is 23.6 Å². The van der Waals surface area contributed by atoms with Crippen LogP contribution in [0.3, 0.4) is 0 Å². The minimum Gasteiger partial charge on any atom is -0.396 e. The summed E-state index contributed by atoms with van der Waals surface area (Å²) in [6.07, 6.45) is 1.15. The van der Waals surface area contributed by atoms with Gasteiger partial charge in [-0.1, -0.05) is 48.5 Å². The van der Waals surface area contributed by atoms with Gasteiger partial charge >= 0.3 is 0 Å². The summed E-state index contributed by atoms with van der Waals surface area (Å²) in [7, 11) is 0. The fraction of sp³-hybridized carbons (Fsp3) is 0.286. The van der Waals surface area contributed by atoms with Gasteiger partial charge in [0.2, 0.25) is 5.91 Å². The lowest BCUT2D eigenvalue weighted by atomic mass is 9.97. The number of hydrogen-bond acceptors (Lipinski definition) is 4. The summed E-state index contributed by atoms with van der Waals surface area (Å²) in [6.45, 7) is -0.738. The number of amides is 1. The van der Waals surface area contributed by atoms with Crippen molar-refractivity contribution >= 4 is 16.8 Å². The molecule has 0 saturated heterocycles. The molecule has 1 aromatic heterocycles. The largest absolute Gasteiger partial charge is 0.396 e. The Morgan fingerprint density at radius 2 is 1.70 bits per heavy atom. The molecule has 0 aliphatic carbocycles. The number of aliphatic hydroxyl groups excluding tert-OH is 3. The summed E-state index contributed by atoms with van der Waals surface area (Å²) in [4.78, 5) is 15.8. The van der Waals surface area contributed by atoms with Crippen LogP contribution in [0.5, 0.6) is 0 Å². The molecule has 1 heterocycles. The first-order valence-corrected chi connectivity index (χ1v) is 8.94. The van der Waals surface area contributed by atoms with E-state index in [-0.39, 0.29) is 6.61 Å². The van der Waals surface area contributed by atoms with Crippen molar-refractivity contribution in [3.8, 4) is 0 Å². The molecule has 3 aromatic rings. The zero-order valence-corrected chi connectivity index (χ0v) is 14.9. The molecular formula is C21H24N2O4. The van der Waals surface area contributed by atoms with Gasteiger partial charge in [0.1, 0.15) is 6.10 Å². The molecule has 27 heavy (non-hydrogen) atoms. The molecule has 0 spiro atoms. The lowest BCUT2D eigenvalue weighted by Gasteiger charge is -2.25. The highest BCUT2D eigenvalue weighted by molar-refractivity contribution is 5.85. The van der Waals surface area contributed by atoms with E-state index >= 15 is 0 Å². The Hall–Kier alpha value is -2.67. The molecular weight excluding hydrogens is 344 g/mol. The van der Waals surface area contributed by atoms with E-state index in [4.69, 9.17) is 0 Å². The fourth-order valence-electron chi connectivity index (χ4n) is 3.21. The Morgan fingerprint density at radius 3 is 2.41 bits per heavy atom. The van der Waals surface area contributed by atoms with Crippen molar-refractivity contribution in [3.63, 3.8) is 0 Å². The Kier molecular flexibility index (Phi) is 6.24. The van der Waals surface area contributed by atoms with Gasteiger partial charge in [-0.15, -0.1) is 0 Å². The summed E-state index contributed by atoms with van der Waals surface area (Å²) >= 11 is 0. The second kappa shape index (κ2) is 8.81. The SMILES string of the molecule is O=C(NC(CO)C(O)c1ccccc1)C(CO)Cc1c[nH]c2ccccc12. The van der Waals surface area contributed by atoms with E-state index in [1.165, 1.54) is 0 Å². The number of benzene rings is 2. The highest BCUT2D eigenvalue weighted by atomic mass is 16.3. The van der Waals surface area contributed by atoms with Crippen molar-refractivity contribution in [2.24, 2.45) is 5.92 Å². The van der Waals surface area contributed by atoms with E-state index in [2.05, 4.69) is 10.3 Å². The number of H-pyrrole nitrogens is 1. The van der Waals surface area contributed by atoms with Crippen LogP contribution in [0.15, 0.2) is 60.8 Å². The number of aliphatic hydroxyl groups is 3. The van der Waals surface area contributed by atoms with Gasteiger partial charge in [0.05, 0.1) is 25.2 Å². The van der Waals surface area contributed by atoms with Crippen LogP contribution in [0.25, 0.3) is 10.9 Å². The van der Waals surface area contributed by atoms with Crippen molar-refractivity contribution in [1.82, 2.24) is 10.3 Å². The smallest absolute Gasteiger partial charge is 0.226 e. The van der Waals surface area contributed by atoms with Crippen LogP contribution in [-0.2, 0) is 11.2 Å². The summed E-state index contributed by atoms with van der Waals surface area (Å²) in [6, 6.07) is 15.8. The van der Waals surface area contributed by atoms with Crippen molar-refractivity contribution in [1.29, 1.82) is 0 Å². The highest BCUT2D eigenvalue weighted by Gasteiger charge is 2.26.